The van der Waals surface area contributed by atoms with Crippen LogP contribution in [0.5, 0.6) is 0 Å². The Morgan fingerprint density at radius 2 is 2.19 bits per heavy atom. The van der Waals surface area contributed by atoms with Gasteiger partial charge in [0.2, 0.25) is 0 Å². The third-order valence-corrected chi connectivity index (χ3v) is 4.22. The van der Waals surface area contributed by atoms with Crippen molar-refractivity contribution in [1.82, 2.24) is 19.6 Å². The average molecular weight is 286 g/mol. The first kappa shape index (κ1) is 14.1. The van der Waals surface area contributed by atoms with E-state index in [0.29, 0.717) is 5.92 Å². The van der Waals surface area contributed by atoms with E-state index in [1.54, 1.807) is 6.20 Å². The maximum Gasteiger partial charge on any atom is 0.255 e. The molecule has 2 aromatic heterocycles. The summed E-state index contributed by atoms with van der Waals surface area (Å²) in [5.74, 6) is 0.831. The quantitative estimate of drug-likeness (QED) is 0.932. The fourth-order valence-electron chi connectivity index (χ4n) is 2.92. The number of nitrogens with zero attached hydrogens (tertiary/aromatic N) is 3. The number of likely N-dealkylation sites (tertiary alicyclic amines) is 1. The van der Waals surface area contributed by atoms with Crippen LogP contribution in [0.2, 0.25) is 0 Å². The van der Waals surface area contributed by atoms with Crippen LogP contribution in [0.1, 0.15) is 30.1 Å². The van der Waals surface area contributed by atoms with Gasteiger partial charge in [0.15, 0.2) is 0 Å². The molecule has 1 saturated heterocycles. The van der Waals surface area contributed by atoms with Gasteiger partial charge in [-0.1, -0.05) is 6.92 Å². The molecule has 0 spiro atoms. The second kappa shape index (κ2) is 6.26. The molecule has 2 aromatic rings. The number of hydrogen-bond donors (Lipinski definition) is 1. The van der Waals surface area contributed by atoms with Crippen molar-refractivity contribution in [3.63, 3.8) is 0 Å². The van der Waals surface area contributed by atoms with Gasteiger partial charge in [0.1, 0.15) is 5.65 Å². The number of fused-ring (bicyclic) bond motifs is 1. The van der Waals surface area contributed by atoms with Crippen molar-refractivity contribution in [2.45, 2.75) is 19.8 Å². The first-order chi connectivity index (χ1) is 10.3. The molecule has 1 aliphatic rings. The Kier molecular flexibility index (Phi) is 4.20. The summed E-state index contributed by atoms with van der Waals surface area (Å²) >= 11 is 0. The van der Waals surface area contributed by atoms with Crippen LogP contribution in [-0.2, 0) is 0 Å². The van der Waals surface area contributed by atoms with Crippen LogP contribution in [0.4, 0.5) is 0 Å². The Hall–Kier alpha value is -1.88. The molecule has 0 aromatic carbocycles. The Morgan fingerprint density at radius 3 is 2.95 bits per heavy atom. The molecule has 1 aliphatic heterocycles. The monoisotopic (exact) mass is 286 g/mol. The molecule has 0 bridgehead atoms. The van der Waals surface area contributed by atoms with E-state index in [9.17, 15) is 4.79 Å². The number of aromatic nitrogens is 2. The van der Waals surface area contributed by atoms with Gasteiger partial charge in [-0.15, -0.1) is 0 Å². The van der Waals surface area contributed by atoms with Crippen LogP contribution in [0.15, 0.2) is 30.7 Å². The van der Waals surface area contributed by atoms with Crippen molar-refractivity contribution in [3.05, 3.63) is 36.3 Å². The number of hydrogen-bond acceptors (Lipinski definition) is 3. The number of carbonyl (C=O) groups is 1. The van der Waals surface area contributed by atoms with E-state index in [2.05, 4.69) is 17.2 Å². The van der Waals surface area contributed by atoms with Crippen LogP contribution in [0, 0.1) is 5.92 Å². The van der Waals surface area contributed by atoms with Gasteiger partial charge in [-0.2, -0.15) is 0 Å². The fraction of sp³-hybridized carbons (Fsp3) is 0.500. The lowest BCUT2D eigenvalue weighted by molar-refractivity contribution is 0.0690. The summed E-state index contributed by atoms with van der Waals surface area (Å²) in [4.78, 5) is 18.7. The van der Waals surface area contributed by atoms with Crippen LogP contribution in [-0.4, -0.2) is 46.4 Å². The second-order valence-corrected chi connectivity index (χ2v) is 5.65. The van der Waals surface area contributed by atoms with Crippen molar-refractivity contribution >= 4 is 11.6 Å². The zero-order valence-electron chi connectivity index (χ0n) is 12.5. The first-order valence-corrected chi connectivity index (χ1v) is 7.70. The van der Waals surface area contributed by atoms with E-state index in [-0.39, 0.29) is 5.91 Å². The summed E-state index contributed by atoms with van der Waals surface area (Å²) in [6, 6.07) is 3.76. The van der Waals surface area contributed by atoms with E-state index in [1.807, 2.05) is 33.8 Å². The maximum absolute atomic E-state index is 12.6. The number of carbonyl (C=O) groups excluding carboxylic acids is 1. The molecule has 3 heterocycles. The molecule has 0 radical (unpaired) electrons. The molecule has 5 nitrogen and oxygen atoms in total. The molecule has 0 atom stereocenters. The van der Waals surface area contributed by atoms with Crippen molar-refractivity contribution in [2.75, 3.05) is 26.2 Å². The molecule has 1 fully saturated rings. The molecule has 0 aliphatic carbocycles. The van der Waals surface area contributed by atoms with Crippen LogP contribution < -0.4 is 5.32 Å². The number of rotatable bonds is 4. The molecule has 112 valence electrons. The minimum absolute atomic E-state index is 0.132. The standard InChI is InChI=1S/C16H22N4O/c1-2-17-11-13-5-8-19(9-6-13)16(21)14-3-4-15-18-7-10-20(15)12-14/h3-4,7,10,12-13,17H,2,5-6,8-9,11H2,1H3. The minimum Gasteiger partial charge on any atom is -0.339 e. The highest BCUT2D eigenvalue weighted by molar-refractivity contribution is 5.94. The van der Waals surface area contributed by atoms with Gasteiger partial charge in [-0.05, 0) is 44.0 Å². The second-order valence-electron chi connectivity index (χ2n) is 5.65. The number of amides is 1. The SMILES string of the molecule is CCNCC1CCN(C(=O)c2ccc3nccn3c2)CC1. The Balaban J connectivity index is 1.63. The summed E-state index contributed by atoms with van der Waals surface area (Å²) in [5, 5.41) is 3.40. The highest BCUT2D eigenvalue weighted by atomic mass is 16.2. The van der Waals surface area contributed by atoms with Gasteiger partial charge in [-0.25, -0.2) is 4.98 Å². The normalized spacial score (nSPS) is 16.5. The lowest BCUT2D eigenvalue weighted by Crippen LogP contribution is -2.40. The van der Waals surface area contributed by atoms with E-state index in [4.69, 9.17) is 0 Å². The summed E-state index contributed by atoms with van der Waals surface area (Å²) in [6.07, 6.45) is 7.66. The third kappa shape index (κ3) is 3.08. The summed E-state index contributed by atoms with van der Waals surface area (Å²) < 4.78 is 1.89. The van der Waals surface area contributed by atoms with Crippen molar-refractivity contribution in [2.24, 2.45) is 5.92 Å². The average Bonchev–Trinajstić information content (AvgIpc) is 3.00. The Labute approximate surface area is 125 Å². The predicted molar refractivity (Wildman–Crippen MR) is 82.4 cm³/mol. The third-order valence-electron chi connectivity index (χ3n) is 4.22. The molecule has 1 amide bonds. The van der Waals surface area contributed by atoms with E-state index in [0.717, 1.165) is 50.2 Å². The van der Waals surface area contributed by atoms with Crippen LogP contribution in [0.25, 0.3) is 5.65 Å². The van der Waals surface area contributed by atoms with Gasteiger partial charge in [0.25, 0.3) is 5.91 Å². The number of imidazole rings is 1. The topological polar surface area (TPSA) is 49.6 Å². The molecule has 5 heteroatoms. The zero-order chi connectivity index (χ0) is 14.7. The lowest BCUT2D eigenvalue weighted by atomic mass is 9.96. The number of pyridine rings is 1. The van der Waals surface area contributed by atoms with Gasteiger partial charge < -0.3 is 14.6 Å². The minimum atomic E-state index is 0.132. The summed E-state index contributed by atoms with van der Waals surface area (Å²) in [5.41, 5.74) is 1.61. The molecule has 1 N–H and O–H groups in total. The predicted octanol–water partition coefficient (Wildman–Crippen LogP) is 1.80. The van der Waals surface area contributed by atoms with E-state index >= 15 is 0 Å². The summed E-state index contributed by atoms with van der Waals surface area (Å²) in [7, 11) is 0. The maximum atomic E-state index is 12.6. The van der Waals surface area contributed by atoms with E-state index in [1.165, 1.54) is 0 Å². The Morgan fingerprint density at radius 1 is 1.38 bits per heavy atom. The fourth-order valence-corrected chi connectivity index (χ4v) is 2.92. The highest BCUT2D eigenvalue weighted by Crippen LogP contribution is 2.18. The highest BCUT2D eigenvalue weighted by Gasteiger charge is 2.23. The largest absolute Gasteiger partial charge is 0.339 e. The summed E-state index contributed by atoms with van der Waals surface area (Å²) in [6.45, 7) is 5.93. The van der Waals surface area contributed by atoms with Crippen molar-refractivity contribution in [3.8, 4) is 0 Å². The molecule has 0 unspecified atom stereocenters. The van der Waals surface area contributed by atoms with E-state index < -0.39 is 0 Å². The van der Waals surface area contributed by atoms with Crippen molar-refractivity contribution < 1.29 is 4.79 Å². The lowest BCUT2D eigenvalue weighted by Gasteiger charge is -2.32. The number of nitrogens with one attached hydrogen (secondary N) is 1. The number of piperidine rings is 1. The molecular weight excluding hydrogens is 264 g/mol. The van der Waals surface area contributed by atoms with Gasteiger partial charge in [0, 0.05) is 31.7 Å². The van der Waals surface area contributed by atoms with Crippen LogP contribution in [0.3, 0.4) is 0 Å². The Bertz CT molecular complexity index is 614. The van der Waals surface area contributed by atoms with Gasteiger partial charge in [-0.3, -0.25) is 4.79 Å². The van der Waals surface area contributed by atoms with Gasteiger partial charge >= 0.3 is 0 Å². The smallest absolute Gasteiger partial charge is 0.255 e. The van der Waals surface area contributed by atoms with Gasteiger partial charge in [0.05, 0.1) is 5.56 Å². The molecule has 21 heavy (non-hydrogen) atoms. The molecule has 0 saturated carbocycles. The zero-order valence-corrected chi connectivity index (χ0v) is 12.5. The van der Waals surface area contributed by atoms with Crippen LogP contribution >= 0.6 is 0 Å². The molecular formula is C16H22N4O. The molecule has 3 rings (SSSR count). The first-order valence-electron chi connectivity index (χ1n) is 7.70. The van der Waals surface area contributed by atoms with Crippen molar-refractivity contribution in [1.29, 1.82) is 0 Å².